The average Bonchev–Trinajstić information content (AvgIpc) is 2.82. The van der Waals surface area contributed by atoms with Crippen LogP contribution in [0.1, 0.15) is 32.3 Å². The van der Waals surface area contributed by atoms with Crippen LogP contribution in [0.2, 0.25) is 0 Å². The topological polar surface area (TPSA) is 43.8 Å². The van der Waals surface area contributed by atoms with Gasteiger partial charge in [0, 0.05) is 43.2 Å². The molecule has 0 radical (unpaired) electrons. The molecule has 4 nitrogen and oxygen atoms in total. The van der Waals surface area contributed by atoms with Crippen molar-refractivity contribution in [3.05, 3.63) is 47.2 Å². The lowest BCUT2D eigenvalue weighted by Gasteiger charge is -2.41. The number of nitrogens with zero attached hydrogens (tertiary/aromatic N) is 2. The molecule has 2 heterocycles. The number of aliphatic hydroxyl groups is 1. The summed E-state index contributed by atoms with van der Waals surface area (Å²) in [5.41, 5.74) is 3.37. The molecule has 4 heteroatoms. The number of likely N-dealkylation sites (N-methyl/N-ethyl adjacent to an activating group) is 1. The average molecular weight is 340 g/mol. The van der Waals surface area contributed by atoms with Gasteiger partial charge < -0.3 is 14.9 Å². The van der Waals surface area contributed by atoms with E-state index in [1.807, 2.05) is 6.07 Å². The van der Waals surface area contributed by atoms with Gasteiger partial charge >= 0.3 is 0 Å². The zero-order chi connectivity index (χ0) is 17.8. The molecule has 4 rings (SSSR count). The number of benzene rings is 1. The fraction of sp³-hybridized carbons (Fsp3) is 0.571. The van der Waals surface area contributed by atoms with Gasteiger partial charge in [-0.25, -0.2) is 0 Å². The molecule has 0 aromatic heterocycles. The molecule has 1 fully saturated rings. The Kier molecular flexibility index (Phi) is 4.00. The highest BCUT2D eigenvalue weighted by molar-refractivity contribution is 5.98. The normalized spacial score (nSPS) is 31.9. The van der Waals surface area contributed by atoms with Gasteiger partial charge in [-0.05, 0) is 24.4 Å². The fourth-order valence-electron chi connectivity index (χ4n) is 5.00. The van der Waals surface area contributed by atoms with E-state index in [-0.39, 0.29) is 23.2 Å². The number of piperidine rings is 1. The molecule has 1 aromatic carbocycles. The van der Waals surface area contributed by atoms with Crippen LogP contribution in [-0.2, 0) is 11.3 Å². The number of allylic oxidation sites excluding steroid dienone is 1. The van der Waals surface area contributed by atoms with Gasteiger partial charge in [0.25, 0.3) is 0 Å². The number of hydrogen-bond acceptors (Lipinski definition) is 4. The zero-order valence-electron chi connectivity index (χ0n) is 15.4. The third-order valence-corrected chi connectivity index (χ3v) is 6.00. The molecule has 1 aliphatic carbocycles. The number of Topliss-reactive ketones (excluding diaryl/α,β-unsaturated/α-hetero) is 1. The Hall–Kier alpha value is -1.65. The Labute approximate surface area is 150 Å². The van der Waals surface area contributed by atoms with Crippen LogP contribution in [0.15, 0.2) is 41.6 Å². The molecule has 0 amide bonds. The molecule has 0 bridgehead atoms. The summed E-state index contributed by atoms with van der Waals surface area (Å²) in [6.45, 7) is 6.72. The Morgan fingerprint density at radius 3 is 2.60 bits per heavy atom. The lowest BCUT2D eigenvalue weighted by atomic mass is 9.72. The molecule has 1 aromatic rings. The van der Waals surface area contributed by atoms with Gasteiger partial charge in [0.1, 0.15) is 0 Å². The van der Waals surface area contributed by atoms with Crippen molar-refractivity contribution in [2.75, 3.05) is 20.1 Å². The highest BCUT2D eigenvalue weighted by Crippen LogP contribution is 2.49. The largest absolute Gasteiger partial charge is 0.391 e. The van der Waals surface area contributed by atoms with Crippen molar-refractivity contribution in [1.29, 1.82) is 0 Å². The molecule has 0 unspecified atom stereocenters. The number of β-amino-alcohol motifs (C(OH)–C–C–N with tert-alkyl or cyclic N) is 1. The van der Waals surface area contributed by atoms with Crippen LogP contribution in [0.3, 0.4) is 0 Å². The van der Waals surface area contributed by atoms with Crippen molar-refractivity contribution in [2.45, 2.75) is 45.4 Å². The van der Waals surface area contributed by atoms with Crippen LogP contribution in [0.25, 0.3) is 0 Å². The summed E-state index contributed by atoms with van der Waals surface area (Å²) in [7, 11) is 2.06. The number of fused-ring (bicyclic) bond motifs is 2. The van der Waals surface area contributed by atoms with E-state index in [1.54, 1.807) is 0 Å². The number of carbonyl (C=O) groups is 1. The minimum atomic E-state index is -0.459. The maximum absolute atomic E-state index is 13.0. The second-order valence-corrected chi connectivity index (χ2v) is 8.80. The summed E-state index contributed by atoms with van der Waals surface area (Å²) >= 11 is 0. The van der Waals surface area contributed by atoms with Crippen molar-refractivity contribution in [1.82, 2.24) is 9.80 Å². The Bertz CT molecular complexity index is 710. The number of carbonyl (C=O) groups excluding carboxylic acids is 1. The Balaban J connectivity index is 1.75. The van der Waals surface area contributed by atoms with Gasteiger partial charge in [-0.15, -0.1) is 0 Å². The van der Waals surface area contributed by atoms with E-state index >= 15 is 0 Å². The molecular formula is C21H28N2O2. The first-order chi connectivity index (χ1) is 11.9. The van der Waals surface area contributed by atoms with E-state index in [0.717, 1.165) is 25.1 Å². The SMILES string of the molecule is CN1C[C@@H]2[C@@H](C3=C(CC(C)(C)CC3=O)N2Cc2ccccc2)[C@@H](O)C1. The molecular weight excluding hydrogens is 312 g/mol. The smallest absolute Gasteiger partial charge is 0.161 e. The third kappa shape index (κ3) is 2.91. The first kappa shape index (κ1) is 16.8. The van der Waals surface area contributed by atoms with Crippen LogP contribution in [-0.4, -0.2) is 53.0 Å². The van der Waals surface area contributed by atoms with Crippen molar-refractivity contribution >= 4 is 5.78 Å². The summed E-state index contributed by atoms with van der Waals surface area (Å²) < 4.78 is 0. The van der Waals surface area contributed by atoms with Crippen LogP contribution < -0.4 is 0 Å². The van der Waals surface area contributed by atoms with E-state index in [4.69, 9.17) is 0 Å². The van der Waals surface area contributed by atoms with E-state index in [0.29, 0.717) is 13.0 Å². The van der Waals surface area contributed by atoms with E-state index in [1.165, 1.54) is 11.3 Å². The lowest BCUT2D eigenvalue weighted by molar-refractivity contribution is -0.119. The molecule has 3 aliphatic rings. The quantitative estimate of drug-likeness (QED) is 0.898. The molecule has 25 heavy (non-hydrogen) atoms. The van der Waals surface area contributed by atoms with Crippen LogP contribution >= 0.6 is 0 Å². The molecule has 2 aliphatic heterocycles. The van der Waals surface area contributed by atoms with Crippen LogP contribution in [0.4, 0.5) is 0 Å². The monoisotopic (exact) mass is 340 g/mol. The third-order valence-electron chi connectivity index (χ3n) is 6.00. The van der Waals surface area contributed by atoms with E-state index in [2.05, 4.69) is 55.0 Å². The second-order valence-electron chi connectivity index (χ2n) is 8.80. The van der Waals surface area contributed by atoms with Crippen LogP contribution in [0, 0.1) is 11.3 Å². The number of ketones is 1. The number of rotatable bonds is 2. The fourth-order valence-corrected chi connectivity index (χ4v) is 5.00. The predicted octanol–water partition coefficient (Wildman–Crippen LogP) is 2.44. The van der Waals surface area contributed by atoms with Gasteiger partial charge in [-0.1, -0.05) is 44.2 Å². The van der Waals surface area contributed by atoms with Crippen molar-refractivity contribution in [3.63, 3.8) is 0 Å². The van der Waals surface area contributed by atoms with Gasteiger partial charge in [-0.2, -0.15) is 0 Å². The predicted molar refractivity (Wildman–Crippen MR) is 97.8 cm³/mol. The van der Waals surface area contributed by atoms with Gasteiger partial charge in [-0.3, -0.25) is 4.79 Å². The molecule has 1 saturated heterocycles. The molecule has 0 saturated carbocycles. The molecule has 1 N–H and O–H groups in total. The van der Waals surface area contributed by atoms with E-state index < -0.39 is 6.10 Å². The van der Waals surface area contributed by atoms with Crippen molar-refractivity contribution < 1.29 is 9.90 Å². The summed E-state index contributed by atoms with van der Waals surface area (Å²) in [4.78, 5) is 17.6. The van der Waals surface area contributed by atoms with Crippen molar-refractivity contribution in [3.8, 4) is 0 Å². The maximum Gasteiger partial charge on any atom is 0.161 e. The maximum atomic E-state index is 13.0. The highest BCUT2D eigenvalue weighted by Gasteiger charge is 2.52. The minimum Gasteiger partial charge on any atom is -0.391 e. The molecule has 3 atom stereocenters. The number of likely N-dealkylation sites (tertiary alicyclic amines) is 1. The molecule has 0 spiro atoms. The second kappa shape index (κ2) is 5.96. The van der Waals surface area contributed by atoms with Gasteiger partial charge in [0.2, 0.25) is 0 Å². The van der Waals surface area contributed by atoms with Gasteiger partial charge in [0.05, 0.1) is 12.1 Å². The number of aliphatic hydroxyl groups excluding tert-OH is 1. The van der Waals surface area contributed by atoms with Crippen molar-refractivity contribution in [2.24, 2.45) is 11.3 Å². The summed E-state index contributed by atoms with van der Waals surface area (Å²) in [5, 5.41) is 10.8. The van der Waals surface area contributed by atoms with E-state index in [9.17, 15) is 9.90 Å². The number of hydrogen-bond donors (Lipinski definition) is 1. The minimum absolute atomic E-state index is 0.00476. The highest BCUT2D eigenvalue weighted by atomic mass is 16.3. The first-order valence-electron chi connectivity index (χ1n) is 9.29. The Morgan fingerprint density at radius 1 is 1.16 bits per heavy atom. The summed E-state index contributed by atoms with van der Waals surface area (Å²) in [6, 6.07) is 10.6. The summed E-state index contributed by atoms with van der Waals surface area (Å²) in [6.07, 6.45) is 1.06. The van der Waals surface area contributed by atoms with Gasteiger partial charge in [0.15, 0.2) is 5.78 Å². The standard InChI is InChI=1S/C21H28N2O2/c1-21(2)9-15-19(17(24)10-21)20-16(12-22(3)13-18(20)25)23(15)11-14-7-5-4-6-8-14/h4-8,16,18,20,25H,9-13H2,1-3H3/t16-,18+,20-/m1/s1. The Morgan fingerprint density at radius 2 is 1.88 bits per heavy atom. The first-order valence-corrected chi connectivity index (χ1v) is 9.29. The lowest BCUT2D eigenvalue weighted by Crippen LogP contribution is -2.54. The summed E-state index contributed by atoms with van der Waals surface area (Å²) in [5.74, 6) is 0.221. The molecule has 134 valence electrons. The zero-order valence-corrected chi connectivity index (χ0v) is 15.4. The van der Waals surface area contributed by atoms with Crippen LogP contribution in [0.5, 0.6) is 0 Å².